The van der Waals surface area contributed by atoms with E-state index in [1.54, 1.807) is 18.7 Å². The van der Waals surface area contributed by atoms with Crippen LogP contribution in [0, 0.1) is 11.8 Å². The van der Waals surface area contributed by atoms with E-state index < -0.39 is 41.5 Å². The molecule has 1 unspecified atom stereocenters. The predicted molar refractivity (Wildman–Crippen MR) is 93.8 cm³/mol. The molecule has 2 aliphatic rings. The van der Waals surface area contributed by atoms with Gasteiger partial charge in [0.05, 0.1) is 28.9 Å². The Labute approximate surface area is 159 Å². The fourth-order valence-corrected chi connectivity index (χ4v) is 3.69. The maximum absolute atomic E-state index is 13.0. The van der Waals surface area contributed by atoms with Crippen LogP contribution in [0.15, 0.2) is 18.2 Å². The number of carbonyl (C=O) groups is 3. The normalized spacial score (nSPS) is 23.9. The molecule has 1 saturated heterocycles. The fraction of sp³-hybridized carbons (Fsp3) is 0.500. The molecule has 1 aromatic rings. The molecule has 2 N–H and O–H groups in total. The summed E-state index contributed by atoms with van der Waals surface area (Å²) >= 11 is 0. The van der Waals surface area contributed by atoms with Gasteiger partial charge < -0.3 is 10.4 Å². The van der Waals surface area contributed by atoms with Crippen molar-refractivity contribution in [1.29, 1.82) is 0 Å². The number of halogens is 3. The van der Waals surface area contributed by atoms with Gasteiger partial charge in [-0.3, -0.25) is 24.2 Å². The van der Waals surface area contributed by atoms with E-state index in [4.69, 9.17) is 0 Å². The summed E-state index contributed by atoms with van der Waals surface area (Å²) in [5, 5.41) is 11.6. The van der Waals surface area contributed by atoms with E-state index in [1.807, 2.05) is 0 Å². The molecular formula is C18H20F3N3O4. The Morgan fingerprint density at radius 2 is 1.96 bits per heavy atom. The van der Waals surface area contributed by atoms with Crippen LogP contribution in [0.1, 0.15) is 19.4 Å². The van der Waals surface area contributed by atoms with Crippen LogP contribution in [0.3, 0.4) is 0 Å². The third-order valence-corrected chi connectivity index (χ3v) is 5.32. The molecule has 152 valence electrons. The Bertz CT molecular complexity index is 827. The van der Waals surface area contributed by atoms with Crippen LogP contribution < -0.4 is 10.2 Å². The highest BCUT2D eigenvalue weighted by atomic mass is 19.4. The minimum Gasteiger partial charge on any atom is -0.481 e. The second-order valence-corrected chi connectivity index (χ2v) is 7.25. The first-order valence-electron chi connectivity index (χ1n) is 8.78. The number of nitrogens with zero attached hydrogens (tertiary/aromatic N) is 2. The molecule has 28 heavy (non-hydrogen) atoms. The molecule has 0 saturated carbocycles. The fourth-order valence-electron chi connectivity index (χ4n) is 3.69. The van der Waals surface area contributed by atoms with Crippen molar-refractivity contribution < 1.29 is 32.7 Å². The topological polar surface area (TPSA) is 90.0 Å². The largest absolute Gasteiger partial charge is 0.481 e. The number of hydrogen-bond acceptors (Lipinski definition) is 4. The summed E-state index contributed by atoms with van der Waals surface area (Å²) in [6.07, 6.45) is -4.57. The lowest BCUT2D eigenvalue weighted by Gasteiger charge is -2.34. The number of hydrogen-bond donors (Lipinski definition) is 2. The molecule has 0 aromatic heterocycles. The van der Waals surface area contributed by atoms with Crippen molar-refractivity contribution in [3.8, 4) is 0 Å². The van der Waals surface area contributed by atoms with Crippen molar-refractivity contribution >= 4 is 29.2 Å². The van der Waals surface area contributed by atoms with Crippen molar-refractivity contribution in [3.05, 3.63) is 23.8 Å². The summed E-state index contributed by atoms with van der Waals surface area (Å²) in [7, 11) is 0. The number of rotatable bonds is 3. The Balaban J connectivity index is 1.85. The molecular weight excluding hydrogens is 379 g/mol. The molecule has 10 heteroatoms. The van der Waals surface area contributed by atoms with Gasteiger partial charge in [0.1, 0.15) is 6.54 Å². The summed E-state index contributed by atoms with van der Waals surface area (Å²) < 4.78 is 38.8. The zero-order valence-corrected chi connectivity index (χ0v) is 15.3. The number of alkyl halides is 3. The zero-order chi connectivity index (χ0) is 20.8. The van der Waals surface area contributed by atoms with Crippen molar-refractivity contribution in [1.82, 2.24) is 4.90 Å². The molecule has 1 fully saturated rings. The number of benzene rings is 1. The van der Waals surface area contributed by atoms with E-state index in [9.17, 15) is 32.7 Å². The first-order valence-corrected chi connectivity index (χ1v) is 8.78. The highest BCUT2D eigenvalue weighted by molar-refractivity contribution is 6.11. The van der Waals surface area contributed by atoms with Crippen LogP contribution in [0.5, 0.6) is 0 Å². The quantitative estimate of drug-likeness (QED) is 0.812. The van der Waals surface area contributed by atoms with Gasteiger partial charge in [-0.15, -0.1) is 0 Å². The highest BCUT2D eigenvalue weighted by Crippen LogP contribution is 2.37. The lowest BCUT2D eigenvalue weighted by Crippen LogP contribution is -2.51. The smallest absolute Gasteiger partial charge is 0.416 e. The number of amides is 2. The first-order chi connectivity index (χ1) is 13.0. The number of carboxylic acid groups (broad SMARTS) is 1. The van der Waals surface area contributed by atoms with Gasteiger partial charge >= 0.3 is 12.1 Å². The second kappa shape index (κ2) is 7.08. The minimum absolute atomic E-state index is 0.0789. The molecule has 0 aliphatic carbocycles. The maximum atomic E-state index is 13.0. The van der Waals surface area contributed by atoms with Crippen molar-refractivity contribution in [3.63, 3.8) is 0 Å². The van der Waals surface area contributed by atoms with Crippen LogP contribution in [0.25, 0.3) is 0 Å². The monoisotopic (exact) mass is 399 g/mol. The molecule has 1 aromatic carbocycles. The van der Waals surface area contributed by atoms with Gasteiger partial charge in [0.15, 0.2) is 0 Å². The van der Waals surface area contributed by atoms with Gasteiger partial charge in [-0.05, 0) is 31.0 Å². The Hall–Kier alpha value is -2.62. The van der Waals surface area contributed by atoms with Crippen LogP contribution in [0.4, 0.5) is 24.5 Å². The number of nitrogens with one attached hydrogen (secondary N) is 1. The lowest BCUT2D eigenvalue weighted by molar-refractivity contribution is -0.142. The molecule has 0 bridgehead atoms. The average molecular weight is 399 g/mol. The third-order valence-electron chi connectivity index (χ3n) is 5.32. The van der Waals surface area contributed by atoms with E-state index in [0.717, 1.165) is 23.1 Å². The Morgan fingerprint density at radius 1 is 1.29 bits per heavy atom. The number of likely N-dealkylation sites (tertiary alicyclic amines) is 1. The summed E-state index contributed by atoms with van der Waals surface area (Å²) in [5.41, 5.74) is -0.817. The second-order valence-electron chi connectivity index (χ2n) is 7.25. The van der Waals surface area contributed by atoms with E-state index >= 15 is 0 Å². The maximum Gasteiger partial charge on any atom is 0.416 e. The molecule has 2 amide bonds. The summed E-state index contributed by atoms with van der Waals surface area (Å²) in [4.78, 5) is 39.1. The minimum atomic E-state index is -4.57. The van der Waals surface area contributed by atoms with E-state index in [1.165, 1.54) is 0 Å². The Morgan fingerprint density at radius 3 is 2.54 bits per heavy atom. The predicted octanol–water partition coefficient (Wildman–Crippen LogP) is 2.03. The average Bonchev–Trinajstić information content (AvgIpc) is 3.00. The van der Waals surface area contributed by atoms with Gasteiger partial charge in [-0.2, -0.15) is 13.2 Å². The third kappa shape index (κ3) is 3.68. The summed E-state index contributed by atoms with van der Waals surface area (Å²) in [6.45, 7) is 3.69. The van der Waals surface area contributed by atoms with Gasteiger partial charge in [-0.1, -0.05) is 6.92 Å². The van der Waals surface area contributed by atoms with Crippen LogP contribution in [0.2, 0.25) is 0 Å². The molecule has 0 radical (unpaired) electrons. The number of carboxylic acids is 1. The van der Waals surface area contributed by atoms with Crippen molar-refractivity contribution in [2.45, 2.75) is 26.1 Å². The molecule has 0 spiro atoms. The number of carbonyl (C=O) groups excluding carboxylic acids is 2. The Kier molecular flexibility index (Phi) is 5.09. The number of aliphatic carboxylic acids is 1. The van der Waals surface area contributed by atoms with Gasteiger partial charge in [0.25, 0.3) is 0 Å². The summed E-state index contributed by atoms with van der Waals surface area (Å²) in [5.74, 6) is -2.72. The summed E-state index contributed by atoms with van der Waals surface area (Å²) in [6, 6.07) is 2.11. The van der Waals surface area contributed by atoms with Gasteiger partial charge in [-0.25, -0.2) is 0 Å². The lowest BCUT2D eigenvalue weighted by atomic mass is 9.99. The van der Waals surface area contributed by atoms with Gasteiger partial charge in [0.2, 0.25) is 11.8 Å². The first kappa shape index (κ1) is 20.1. The van der Waals surface area contributed by atoms with Crippen molar-refractivity contribution in [2.75, 3.05) is 29.9 Å². The van der Waals surface area contributed by atoms with Gasteiger partial charge in [0, 0.05) is 13.1 Å². The number of anilines is 2. The van der Waals surface area contributed by atoms with Crippen LogP contribution in [-0.2, 0) is 20.6 Å². The molecule has 7 nitrogen and oxygen atoms in total. The van der Waals surface area contributed by atoms with E-state index in [2.05, 4.69) is 5.32 Å². The SMILES string of the molecule is CC(C(=O)N1CC(=O)Nc2cc(C(F)(F)F)ccc21)N1C[C@@H](C)[C@H](C(=O)O)C1. The number of fused-ring (bicyclic) bond motifs is 1. The molecule has 2 aliphatic heterocycles. The van der Waals surface area contributed by atoms with E-state index in [-0.39, 0.29) is 30.4 Å². The molecule has 3 rings (SSSR count). The van der Waals surface area contributed by atoms with E-state index in [0.29, 0.717) is 6.54 Å². The zero-order valence-electron chi connectivity index (χ0n) is 15.3. The van der Waals surface area contributed by atoms with Crippen LogP contribution >= 0.6 is 0 Å². The molecule has 2 heterocycles. The van der Waals surface area contributed by atoms with Crippen LogP contribution in [-0.4, -0.2) is 53.5 Å². The molecule has 3 atom stereocenters. The van der Waals surface area contributed by atoms with Crippen molar-refractivity contribution in [2.24, 2.45) is 11.8 Å². The standard InChI is InChI=1S/C18H20F3N3O4/c1-9-6-23(7-12(9)17(27)28)10(2)16(26)24-8-15(25)22-13-5-11(18(19,20)21)3-4-14(13)24/h3-5,9-10,12H,6-8H2,1-2H3,(H,22,25)(H,27,28)/t9-,10?,12-/m1/s1. The highest BCUT2D eigenvalue weighted by Gasteiger charge is 2.41.